The Hall–Kier alpha value is -3.03. The molecule has 4 rings (SSSR count). The van der Waals surface area contributed by atoms with Crippen LogP contribution in [0.25, 0.3) is 0 Å². The van der Waals surface area contributed by atoms with Crippen LogP contribution in [-0.4, -0.2) is 27.5 Å². The number of para-hydroxylation sites is 2. The number of sulfonamides is 1. The second-order valence-corrected chi connectivity index (χ2v) is 11.2. The SMILES string of the molecule is Cc1cccc(C(C)C)c1NC(=O)COc1ccc(S(=O)(=O)N2CCCc3ccccc32)cc1Cl. The van der Waals surface area contributed by atoms with Gasteiger partial charge in [-0.3, -0.25) is 9.10 Å². The summed E-state index contributed by atoms with van der Waals surface area (Å²) in [6.07, 6.45) is 1.60. The third-order valence-electron chi connectivity index (χ3n) is 6.11. The molecule has 0 saturated carbocycles. The zero-order valence-electron chi connectivity index (χ0n) is 20.0. The molecule has 0 spiro atoms. The van der Waals surface area contributed by atoms with Crippen molar-refractivity contribution >= 4 is 38.9 Å². The molecule has 0 atom stereocenters. The van der Waals surface area contributed by atoms with E-state index in [0.717, 1.165) is 35.2 Å². The second-order valence-electron chi connectivity index (χ2n) is 8.93. The van der Waals surface area contributed by atoms with Gasteiger partial charge in [-0.1, -0.05) is 61.8 Å². The van der Waals surface area contributed by atoms with Crippen LogP contribution >= 0.6 is 11.6 Å². The molecule has 0 fully saturated rings. The fourth-order valence-corrected chi connectivity index (χ4v) is 6.16. The number of rotatable bonds is 7. The molecule has 8 heteroatoms. The van der Waals surface area contributed by atoms with Gasteiger partial charge in [0.05, 0.1) is 15.6 Å². The van der Waals surface area contributed by atoms with Gasteiger partial charge < -0.3 is 10.1 Å². The van der Waals surface area contributed by atoms with Crippen LogP contribution in [0.1, 0.15) is 42.9 Å². The van der Waals surface area contributed by atoms with E-state index < -0.39 is 10.0 Å². The standard InChI is InChI=1S/C27H29ClN2O4S/c1-18(2)22-11-6-8-19(3)27(22)29-26(31)17-34-25-14-13-21(16-23(25)28)35(32,33)30-15-7-10-20-9-4-5-12-24(20)30/h4-6,8-9,11-14,16,18H,7,10,15,17H2,1-3H3,(H,29,31). The summed E-state index contributed by atoms with van der Waals surface area (Å²) in [6.45, 7) is 6.24. The minimum absolute atomic E-state index is 0.0810. The van der Waals surface area contributed by atoms with Gasteiger partial charge in [-0.05, 0) is 66.6 Å². The number of hydrogen-bond donors (Lipinski definition) is 1. The highest BCUT2D eigenvalue weighted by atomic mass is 35.5. The first-order valence-corrected chi connectivity index (χ1v) is 13.4. The molecule has 1 aliphatic rings. The maximum atomic E-state index is 13.4. The topological polar surface area (TPSA) is 75.7 Å². The van der Waals surface area contributed by atoms with Crippen LogP contribution < -0.4 is 14.4 Å². The molecule has 1 aliphatic heterocycles. The molecular formula is C27H29ClN2O4S. The highest BCUT2D eigenvalue weighted by Gasteiger charge is 2.29. The number of ether oxygens (including phenoxy) is 1. The number of hydrogen-bond acceptors (Lipinski definition) is 4. The fraction of sp³-hybridized carbons (Fsp3) is 0.296. The molecule has 1 amide bonds. The summed E-state index contributed by atoms with van der Waals surface area (Å²) in [5.41, 5.74) is 4.50. The van der Waals surface area contributed by atoms with Crippen LogP contribution in [0.5, 0.6) is 5.75 Å². The fourth-order valence-electron chi connectivity index (χ4n) is 4.30. The van der Waals surface area contributed by atoms with Gasteiger partial charge in [0, 0.05) is 12.2 Å². The minimum Gasteiger partial charge on any atom is -0.482 e. The lowest BCUT2D eigenvalue weighted by Crippen LogP contribution is -2.35. The van der Waals surface area contributed by atoms with Crippen molar-refractivity contribution in [2.45, 2.75) is 44.4 Å². The Balaban J connectivity index is 1.48. The Bertz CT molecular complexity index is 1360. The summed E-state index contributed by atoms with van der Waals surface area (Å²) in [4.78, 5) is 12.7. The summed E-state index contributed by atoms with van der Waals surface area (Å²) in [7, 11) is -3.79. The third-order valence-corrected chi connectivity index (χ3v) is 8.21. The zero-order chi connectivity index (χ0) is 25.2. The molecule has 35 heavy (non-hydrogen) atoms. The number of amides is 1. The van der Waals surface area contributed by atoms with E-state index in [2.05, 4.69) is 19.2 Å². The largest absolute Gasteiger partial charge is 0.482 e. The first-order valence-electron chi connectivity index (χ1n) is 11.6. The molecule has 6 nitrogen and oxygen atoms in total. The number of carbonyl (C=O) groups excluding carboxylic acids is 1. The van der Waals surface area contributed by atoms with E-state index >= 15 is 0 Å². The van der Waals surface area contributed by atoms with Crippen molar-refractivity contribution in [2.24, 2.45) is 0 Å². The highest BCUT2D eigenvalue weighted by Crippen LogP contribution is 2.34. The van der Waals surface area contributed by atoms with Gasteiger partial charge >= 0.3 is 0 Å². The smallest absolute Gasteiger partial charge is 0.264 e. The number of halogens is 1. The molecule has 0 radical (unpaired) electrons. The van der Waals surface area contributed by atoms with Crippen LogP contribution in [-0.2, 0) is 21.2 Å². The van der Waals surface area contributed by atoms with Crippen molar-refractivity contribution in [3.63, 3.8) is 0 Å². The quantitative estimate of drug-likeness (QED) is 0.425. The Labute approximate surface area is 211 Å². The van der Waals surface area contributed by atoms with Crippen molar-refractivity contribution in [2.75, 3.05) is 22.8 Å². The third kappa shape index (κ3) is 5.31. The summed E-state index contributed by atoms with van der Waals surface area (Å²) in [6, 6.07) is 17.8. The Morgan fingerprint density at radius 3 is 2.63 bits per heavy atom. The van der Waals surface area contributed by atoms with Crippen molar-refractivity contribution in [1.29, 1.82) is 0 Å². The van der Waals surface area contributed by atoms with Crippen LogP contribution in [0.2, 0.25) is 5.02 Å². The van der Waals surface area contributed by atoms with Crippen LogP contribution in [0.3, 0.4) is 0 Å². The van der Waals surface area contributed by atoms with E-state index in [1.807, 2.05) is 49.4 Å². The first-order chi connectivity index (χ1) is 16.7. The van der Waals surface area contributed by atoms with Crippen molar-refractivity contribution in [3.8, 4) is 5.75 Å². The Kier molecular flexibility index (Phi) is 7.38. The maximum Gasteiger partial charge on any atom is 0.264 e. The van der Waals surface area contributed by atoms with E-state index in [1.165, 1.54) is 22.5 Å². The van der Waals surface area contributed by atoms with Gasteiger partial charge in [0.15, 0.2) is 6.61 Å². The van der Waals surface area contributed by atoms with Gasteiger partial charge in [0.1, 0.15) is 5.75 Å². The molecule has 184 valence electrons. The molecule has 0 saturated heterocycles. The summed E-state index contributed by atoms with van der Waals surface area (Å²) in [5, 5.41) is 3.06. The normalized spacial score (nSPS) is 13.5. The second kappa shape index (κ2) is 10.3. The maximum absolute atomic E-state index is 13.4. The Morgan fingerprint density at radius 1 is 1.11 bits per heavy atom. The molecular weight excluding hydrogens is 484 g/mol. The van der Waals surface area contributed by atoms with Gasteiger partial charge in [-0.25, -0.2) is 8.42 Å². The van der Waals surface area contributed by atoms with Crippen molar-refractivity contribution in [1.82, 2.24) is 0 Å². The van der Waals surface area contributed by atoms with E-state index in [-0.39, 0.29) is 34.1 Å². The molecule has 0 aliphatic carbocycles. The minimum atomic E-state index is -3.79. The lowest BCUT2D eigenvalue weighted by molar-refractivity contribution is -0.118. The molecule has 3 aromatic carbocycles. The van der Waals surface area contributed by atoms with Crippen molar-refractivity contribution < 1.29 is 17.9 Å². The number of carbonyl (C=O) groups is 1. The number of fused-ring (bicyclic) bond motifs is 1. The monoisotopic (exact) mass is 512 g/mol. The lowest BCUT2D eigenvalue weighted by atomic mass is 9.98. The predicted molar refractivity (Wildman–Crippen MR) is 140 cm³/mol. The molecule has 0 bridgehead atoms. The molecule has 0 unspecified atom stereocenters. The summed E-state index contributed by atoms with van der Waals surface area (Å²) in [5.74, 6) is 0.175. The van der Waals surface area contributed by atoms with E-state index in [9.17, 15) is 13.2 Å². The molecule has 0 aromatic heterocycles. The van der Waals surface area contributed by atoms with Crippen molar-refractivity contribution in [3.05, 3.63) is 82.4 Å². The first kappa shape index (κ1) is 25.1. The van der Waals surface area contributed by atoms with Gasteiger partial charge in [-0.2, -0.15) is 0 Å². The average Bonchev–Trinajstić information content (AvgIpc) is 2.83. The number of nitrogens with zero attached hydrogens (tertiary/aromatic N) is 1. The number of aryl methyl sites for hydroxylation is 2. The number of anilines is 2. The molecule has 1 heterocycles. The number of nitrogens with one attached hydrogen (secondary N) is 1. The van der Waals surface area contributed by atoms with E-state index in [1.54, 1.807) is 0 Å². The number of benzene rings is 3. The summed E-state index contributed by atoms with van der Waals surface area (Å²) < 4.78 is 33.8. The van der Waals surface area contributed by atoms with E-state index in [0.29, 0.717) is 12.2 Å². The molecule has 1 N–H and O–H groups in total. The summed E-state index contributed by atoms with van der Waals surface area (Å²) >= 11 is 6.37. The van der Waals surface area contributed by atoms with Crippen LogP contribution in [0.4, 0.5) is 11.4 Å². The van der Waals surface area contributed by atoms with Crippen LogP contribution in [0, 0.1) is 6.92 Å². The van der Waals surface area contributed by atoms with Crippen LogP contribution in [0.15, 0.2) is 65.6 Å². The van der Waals surface area contributed by atoms with E-state index in [4.69, 9.17) is 16.3 Å². The van der Waals surface area contributed by atoms with Gasteiger partial charge in [-0.15, -0.1) is 0 Å². The zero-order valence-corrected chi connectivity index (χ0v) is 21.6. The highest BCUT2D eigenvalue weighted by molar-refractivity contribution is 7.92. The predicted octanol–water partition coefficient (Wildman–Crippen LogP) is 5.93. The van der Waals surface area contributed by atoms with Gasteiger partial charge in [0.2, 0.25) is 0 Å². The Morgan fingerprint density at radius 2 is 1.89 bits per heavy atom. The average molecular weight is 513 g/mol. The van der Waals surface area contributed by atoms with Gasteiger partial charge in [0.25, 0.3) is 15.9 Å². The lowest BCUT2D eigenvalue weighted by Gasteiger charge is -2.30. The molecule has 3 aromatic rings.